The second-order valence-corrected chi connectivity index (χ2v) is 8.75. The molecule has 0 aromatic carbocycles. The van der Waals surface area contributed by atoms with E-state index in [9.17, 15) is 9.59 Å². The van der Waals surface area contributed by atoms with Crippen molar-refractivity contribution in [3.05, 3.63) is 59.4 Å². The number of nitrogens with one attached hydrogen (secondary N) is 1. The Balaban J connectivity index is 1.59. The van der Waals surface area contributed by atoms with E-state index in [4.69, 9.17) is 5.41 Å². The number of anilines is 2. The molecule has 2 aliphatic rings. The zero-order valence-corrected chi connectivity index (χ0v) is 18.8. The number of likely N-dealkylation sites (tertiary alicyclic amines) is 1. The largest absolute Gasteiger partial charge is 0.339 e. The molecule has 0 spiro atoms. The van der Waals surface area contributed by atoms with Gasteiger partial charge in [0.25, 0.3) is 11.8 Å². The lowest BCUT2D eigenvalue weighted by Crippen LogP contribution is -2.34. The molecule has 168 valence electrons. The first-order chi connectivity index (χ1) is 15.5. The molecule has 2 aromatic heterocycles. The molecule has 32 heavy (non-hydrogen) atoms. The number of fused-ring (bicyclic) bond motifs is 1. The van der Waals surface area contributed by atoms with Gasteiger partial charge in [0.05, 0.1) is 5.56 Å². The molecule has 0 aliphatic carbocycles. The number of aromatic nitrogens is 2. The number of hydrogen-bond acceptors (Lipinski definition) is 5. The molecule has 1 saturated heterocycles. The van der Waals surface area contributed by atoms with Gasteiger partial charge in [0.15, 0.2) is 0 Å². The molecule has 1 fully saturated rings. The number of nitrogens with zero attached hydrogens (tertiary/aromatic N) is 4. The van der Waals surface area contributed by atoms with Gasteiger partial charge in [-0.05, 0) is 50.3 Å². The molecule has 1 N–H and O–H groups in total. The number of rotatable bonds is 3. The molecular weight excluding hydrogens is 402 g/mol. The summed E-state index contributed by atoms with van der Waals surface area (Å²) >= 11 is 0. The second-order valence-electron chi connectivity index (χ2n) is 8.75. The van der Waals surface area contributed by atoms with Gasteiger partial charge in [0, 0.05) is 49.4 Å². The predicted octanol–water partition coefficient (Wildman–Crippen LogP) is 4.07. The first kappa shape index (κ1) is 22.0. The number of hydrogen-bond donors (Lipinski definition) is 1. The van der Waals surface area contributed by atoms with Crippen LogP contribution in [-0.4, -0.2) is 45.9 Å². The third kappa shape index (κ3) is 4.52. The molecule has 0 saturated carbocycles. The van der Waals surface area contributed by atoms with Crippen molar-refractivity contribution >= 4 is 23.3 Å². The van der Waals surface area contributed by atoms with Gasteiger partial charge < -0.3 is 9.80 Å². The van der Waals surface area contributed by atoms with Crippen molar-refractivity contribution in [1.82, 2.24) is 14.5 Å². The lowest BCUT2D eigenvalue weighted by atomic mass is 10.0. The van der Waals surface area contributed by atoms with E-state index < -0.39 is 0 Å². The Labute approximate surface area is 188 Å². The van der Waals surface area contributed by atoms with Crippen LogP contribution < -0.4 is 10.4 Å². The van der Waals surface area contributed by atoms with Crippen molar-refractivity contribution in [3.63, 3.8) is 0 Å². The number of allylic oxidation sites excluding steroid dienone is 1. The molecule has 0 radical (unpaired) electrons. The predicted molar refractivity (Wildman–Crippen MR) is 124 cm³/mol. The summed E-state index contributed by atoms with van der Waals surface area (Å²) in [7, 11) is 0. The molecule has 4 rings (SSSR count). The summed E-state index contributed by atoms with van der Waals surface area (Å²) in [4.78, 5) is 34.0. The standard InChI is InChI=1S/C25H31N5O2/c1-18(2)24(31)30-14-10-21(16-22(30)26)29-13-8-9-19-15-20(17-27-23(19)29)25(32)28-11-6-4-3-5-7-12-28/h10,14-17,26H,1,3-9,11-13H2,2H3. The van der Waals surface area contributed by atoms with E-state index in [0.29, 0.717) is 11.1 Å². The maximum atomic E-state index is 13.1. The maximum Gasteiger partial charge on any atom is 0.258 e. The van der Waals surface area contributed by atoms with Crippen molar-refractivity contribution in [2.24, 2.45) is 0 Å². The van der Waals surface area contributed by atoms with Crippen LogP contribution in [0.5, 0.6) is 0 Å². The van der Waals surface area contributed by atoms with Crippen LogP contribution in [0.4, 0.5) is 11.5 Å². The quantitative estimate of drug-likeness (QED) is 0.740. The highest BCUT2D eigenvalue weighted by atomic mass is 16.2. The minimum atomic E-state index is -0.286. The Morgan fingerprint density at radius 3 is 2.44 bits per heavy atom. The van der Waals surface area contributed by atoms with Crippen LogP contribution in [0.25, 0.3) is 0 Å². The highest BCUT2D eigenvalue weighted by Gasteiger charge is 2.24. The van der Waals surface area contributed by atoms with E-state index in [-0.39, 0.29) is 17.3 Å². The first-order valence-electron chi connectivity index (χ1n) is 11.5. The maximum absolute atomic E-state index is 13.1. The molecule has 1 amide bonds. The summed E-state index contributed by atoms with van der Waals surface area (Å²) in [6, 6.07) is 5.50. The van der Waals surface area contributed by atoms with Crippen LogP contribution in [0.2, 0.25) is 0 Å². The summed E-state index contributed by atoms with van der Waals surface area (Å²) < 4.78 is 1.29. The van der Waals surface area contributed by atoms with Crippen molar-refractivity contribution < 1.29 is 9.59 Å². The molecule has 0 bridgehead atoms. The smallest absolute Gasteiger partial charge is 0.258 e. The zero-order valence-electron chi connectivity index (χ0n) is 18.8. The topological polar surface area (TPSA) is 82.3 Å². The Morgan fingerprint density at radius 2 is 1.75 bits per heavy atom. The van der Waals surface area contributed by atoms with Gasteiger partial charge in [-0.3, -0.25) is 19.6 Å². The minimum Gasteiger partial charge on any atom is -0.339 e. The number of amides is 1. The average molecular weight is 434 g/mol. The summed E-state index contributed by atoms with van der Waals surface area (Å²) in [6.45, 7) is 7.73. The molecule has 7 nitrogen and oxygen atoms in total. The van der Waals surface area contributed by atoms with Crippen molar-refractivity contribution in [2.75, 3.05) is 24.5 Å². The van der Waals surface area contributed by atoms with Crippen molar-refractivity contribution in [1.29, 1.82) is 5.41 Å². The second kappa shape index (κ2) is 9.51. The van der Waals surface area contributed by atoms with Crippen LogP contribution in [0, 0.1) is 5.41 Å². The molecular formula is C25H31N5O2. The van der Waals surface area contributed by atoms with Gasteiger partial charge in [0.2, 0.25) is 0 Å². The van der Waals surface area contributed by atoms with Gasteiger partial charge in [0.1, 0.15) is 11.3 Å². The summed E-state index contributed by atoms with van der Waals surface area (Å²) in [5.41, 5.74) is 3.02. The van der Waals surface area contributed by atoms with E-state index in [1.807, 2.05) is 17.0 Å². The highest BCUT2D eigenvalue weighted by Crippen LogP contribution is 2.31. The van der Waals surface area contributed by atoms with Gasteiger partial charge >= 0.3 is 0 Å². The lowest BCUT2D eigenvalue weighted by Gasteiger charge is -2.31. The molecule has 4 heterocycles. The van der Waals surface area contributed by atoms with Gasteiger partial charge in [-0.15, -0.1) is 0 Å². The molecule has 0 unspecified atom stereocenters. The summed E-state index contributed by atoms with van der Waals surface area (Å²) in [5, 5.41) is 8.28. The van der Waals surface area contributed by atoms with Gasteiger partial charge in [-0.2, -0.15) is 0 Å². The molecule has 0 atom stereocenters. The number of pyridine rings is 2. The number of carbonyl (C=O) groups is 2. The fourth-order valence-corrected chi connectivity index (χ4v) is 4.50. The van der Waals surface area contributed by atoms with E-state index in [0.717, 1.165) is 62.4 Å². The summed E-state index contributed by atoms with van der Waals surface area (Å²) in [6.07, 6.45) is 10.9. The van der Waals surface area contributed by atoms with E-state index in [1.54, 1.807) is 25.4 Å². The third-order valence-electron chi connectivity index (χ3n) is 6.25. The number of carbonyl (C=O) groups excluding carboxylic acids is 2. The SMILES string of the molecule is C=C(C)C(=O)n1ccc(N2CCCc3cc(C(=O)N4CCCCCCC4)cnc32)cc1=N. The third-order valence-corrected chi connectivity index (χ3v) is 6.25. The fraction of sp³-hybridized carbons (Fsp3) is 0.440. The normalized spacial score (nSPS) is 16.7. The van der Waals surface area contributed by atoms with E-state index in [2.05, 4.69) is 16.5 Å². The van der Waals surface area contributed by atoms with E-state index in [1.165, 1.54) is 23.8 Å². The molecule has 2 aliphatic heterocycles. The van der Waals surface area contributed by atoms with Gasteiger partial charge in [-0.1, -0.05) is 25.8 Å². The lowest BCUT2D eigenvalue weighted by molar-refractivity contribution is 0.0741. The highest BCUT2D eigenvalue weighted by molar-refractivity contribution is 5.95. The molecule has 2 aromatic rings. The Hall–Kier alpha value is -3.22. The first-order valence-corrected chi connectivity index (χ1v) is 11.5. The average Bonchev–Trinajstić information content (AvgIpc) is 2.77. The fourth-order valence-electron chi connectivity index (χ4n) is 4.50. The molecule has 7 heteroatoms. The van der Waals surface area contributed by atoms with Crippen molar-refractivity contribution in [2.45, 2.75) is 51.9 Å². The Morgan fingerprint density at radius 1 is 1.03 bits per heavy atom. The van der Waals surface area contributed by atoms with Crippen LogP contribution >= 0.6 is 0 Å². The number of aryl methyl sites for hydroxylation is 1. The van der Waals surface area contributed by atoms with Gasteiger partial charge in [-0.25, -0.2) is 4.98 Å². The van der Waals surface area contributed by atoms with Crippen LogP contribution in [0.1, 0.15) is 66.2 Å². The Kier molecular flexibility index (Phi) is 6.53. The Bertz CT molecular complexity index is 1100. The minimum absolute atomic E-state index is 0.0758. The van der Waals surface area contributed by atoms with Crippen LogP contribution in [-0.2, 0) is 6.42 Å². The van der Waals surface area contributed by atoms with Crippen molar-refractivity contribution in [3.8, 4) is 0 Å². The van der Waals surface area contributed by atoms with E-state index >= 15 is 0 Å². The monoisotopic (exact) mass is 433 g/mol. The van der Waals surface area contributed by atoms with Crippen LogP contribution in [0.15, 0.2) is 42.7 Å². The summed E-state index contributed by atoms with van der Waals surface area (Å²) in [5.74, 6) is 0.613. The van der Waals surface area contributed by atoms with Crippen LogP contribution in [0.3, 0.4) is 0 Å². The zero-order chi connectivity index (χ0) is 22.7.